The molecule has 5 nitrogen and oxygen atoms in total. The molecule has 1 aromatic rings. The van der Waals surface area contributed by atoms with E-state index in [-0.39, 0.29) is 17.7 Å². The first-order valence-electron chi connectivity index (χ1n) is 8.42. The molecule has 0 radical (unpaired) electrons. The Bertz CT molecular complexity index is 576. The van der Waals surface area contributed by atoms with Crippen molar-refractivity contribution in [3.8, 4) is 0 Å². The Balaban J connectivity index is 1.59. The van der Waals surface area contributed by atoms with Gasteiger partial charge in [0.25, 0.3) is 0 Å². The zero-order valence-corrected chi connectivity index (χ0v) is 13.9. The highest BCUT2D eigenvalue weighted by Crippen LogP contribution is 2.30. The van der Waals surface area contributed by atoms with Gasteiger partial charge in [0.05, 0.1) is 5.92 Å². The van der Waals surface area contributed by atoms with Crippen molar-refractivity contribution >= 4 is 23.2 Å². The summed E-state index contributed by atoms with van der Waals surface area (Å²) in [6.07, 6.45) is 4.92. The number of carbonyl (C=O) groups is 2. The number of nitrogens with zero attached hydrogens (tertiary/aromatic N) is 2. The standard InChI is InChI=1S/C18H25N3O2/c1-20(2)15-9-7-14(8-10-15)19-18(23)13-11-17(22)21(12-13)16-5-3-4-6-16/h7-10,13,16H,3-6,11-12H2,1-2H3,(H,19,23)/t13-/m0/s1. The molecule has 1 aliphatic heterocycles. The Morgan fingerprint density at radius 1 is 1.17 bits per heavy atom. The smallest absolute Gasteiger partial charge is 0.229 e. The predicted octanol–water partition coefficient (Wildman–Crippen LogP) is 2.48. The van der Waals surface area contributed by atoms with Crippen molar-refractivity contribution in [2.75, 3.05) is 30.9 Å². The number of nitrogens with one attached hydrogen (secondary N) is 1. The Morgan fingerprint density at radius 2 is 1.83 bits per heavy atom. The van der Waals surface area contributed by atoms with Crippen LogP contribution in [0.5, 0.6) is 0 Å². The Labute approximate surface area is 137 Å². The van der Waals surface area contributed by atoms with Gasteiger partial charge in [-0.2, -0.15) is 0 Å². The van der Waals surface area contributed by atoms with E-state index in [1.54, 1.807) is 0 Å². The van der Waals surface area contributed by atoms with E-state index in [0.29, 0.717) is 19.0 Å². The Kier molecular flexibility index (Phi) is 4.55. The molecule has 1 saturated carbocycles. The molecule has 1 heterocycles. The summed E-state index contributed by atoms with van der Waals surface area (Å²) in [5, 5.41) is 2.95. The maximum absolute atomic E-state index is 12.4. The van der Waals surface area contributed by atoms with Gasteiger partial charge in [0.2, 0.25) is 11.8 Å². The van der Waals surface area contributed by atoms with E-state index in [1.807, 2.05) is 48.2 Å². The van der Waals surface area contributed by atoms with Crippen LogP contribution in [-0.4, -0.2) is 43.4 Å². The predicted molar refractivity (Wildman–Crippen MR) is 91.5 cm³/mol. The summed E-state index contributed by atoms with van der Waals surface area (Å²) in [5.74, 6) is -0.131. The van der Waals surface area contributed by atoms with E-state index >= 15 is 0 Å². The molecule has 23 heavy (non-hydrogen) atoms. The second-order valence-electron chi connectivity index (χ2n) is 6.82. The molecular formula is C18H25N3O2. The zero-order chi connectivity index (χ0) is 16.4. The van der Waals surface area contributed by atoms with E-state index in [4.69, 9.17) is 0 Å². The van der Waals surface area contributed by atoms with Gasteiger partial charge in [-0.1, -0.05) is 12.8 Å². The molecule has 1 saturated heterocycles. The molecule has 5 heteroatoms. The van der Waals surface area contributed by atoms with Crippen LogP contribution in [0.2, 0.25) is 0 Å². The number of hydrogen-bond donors (Lipinski definition) is 1. The van der Waals surface area contributed by atoms with Gasteiger partial charge >= 0.3 is 0 Å². The van der Waals surface area contributed by atoms with Gasteiger partial charge in [0.15, 0.2) is 0 Å². The topological polar surface area (TPSA) is 52.7 Å². The largest absolute Gasteiger partial charge is 0.378 e. The van der Waals surface area contributed by atoms with E-state index in [1.165, 1.54) is 12.8 Å². The number of amides is 2. The third kappa shape index (κ3) is 3.49. The maximum Gasteiger partial charge on any atom is 0.229 e. The van der Waals surface area contributed by atoms with Gasteiger partial charge in [-0.05, 0) is 37.1 Å². The first-order chi connectivity index (χ1) is 11.0. The van der Waals surface area contributed by atoms with Gasteiger partial charge in [-0.25, -0.2) is 0 Å². The van der Waals surface area contributed by atoms with Crippen LogP contribution in [0.1, 0.15) is 32.1 Å². The van der Waals surface area contributed by atoms with Crippen molar-refractivity contribution in [2.45, 2.75) is 38.1 Å². The first kappa shape index (κ1) is 15.8. The average Bonchev–Trinajstić information content (AvgIpc) is 3.16. The van der Waals surface area contributed by atoms with Gasteiger partial charge in [-0.15, -0.1) is 0 Å². The molecule has 124 valence electrons. The van der Waals surface area contributed by atoms with Crippen LogP contribution in [0.3, 0.4) is 0 Å². The van der Waals surface area contributed by atoms with E-state index in [2.05, 4.69) is 5.32 Å². The van der Waals surface area contributed by atoms with Crippen LogP contribution in [0.15, 0.2) is 24.3 Å². The number of rotatable bonds is 4. The molecule has 0 aromatic heterocycles. The van der Waals surface area contributed by atoms with Gasteiger partial charge in [-0.3, -0.25) is 9.59 Å². The SMILES string of the molecule is CN(C)c1ccc(NC(=O)[C@H]2CC(=O)N(C3CCCC3)C2)cc1. The van der Waals surface area contributed by atoms with Crippen LogP contribution in [0, 0.1) is 5.92 Å². The van der Waals surface area contributed by atoms with Crippen LogP contribution >= 0.6 is 0 Å². The third-order valence-corrected chi connectivity index (χ3v) is 4.95. The van der Waals surface area contributed by atoms with Crippen molar-refractivity contribution in [2.24, 2.45) is 5.92 Å². The fraction of sp³-hybridized carbons (Fsp3) is 0.556. The van der Waals surface area contributed by atoms with Crippen molar-refractivity contribution in [1.29, 1.82) is 0 Å². The molecule has 2 fully saturated rings. The summed E-state index contributed by atoms with van der Waals surface area (Å²) in [6.45, 7) is 0.575. The highest BCUT2D eigenvalue weighted by atomic mass is 16.2. The summed E-state index contributed by atoms with van der Waals surface area (Å²) < 4.78 is 0. The molecular weight excluding hydrogens is 290 g/mol. The maximum atomic E-state index is 12.4. The number of hydrogen-bond acceptors (Lipinski definition) is 3. The normalized spacial score (nSPS) is 21.7. The highest BCUT2D eigenvalue weighted by molar-refractivity contribution is 5.97. The molecule has 1 aliphatic carbocycles. The highest BCUT2D eigenvalue weighted by Gasteiger charge is 2.38. The number of likely N-dealkylation sites (tertiary alicyclic amines) is 1. The van der Waals surface area contributed by atoms with Gasteiger partial charge in [0, 0.05) is 44.5 Å². The quantitative estimate of drug-likeness (QED) is 0.929. The number of benzene rings is 1. The Hall–Kier alpha value is -2.04. The molecule has 0 unspecified atom stereocenters. The van der Waals surface area contributed by atoms with E-state index in [9.17, 15) is 9.59 Å². The molecule has 2 amide bonds. The molecule has 3 rings (SSSR count). The Morgan fingerprint density at radius 3 is 2.43 bits per heavy atom. The summed E-state index contributed by atoms with van der Waals surface area (Å²) in [4.78, 5) is 28.6. The second kappa shape index (κ2) is 6.60. The third-order valence-electron chi connectivity index (χ3n) is 4.95. The molecule has 1 N–H and O–H groups in total. The van der Waals surface area contributed by atoms with Gasteiger partial charge in [0.1, 0.15) is 0 Å². The summed E-state index contributed by atoms with van der Waals surface area (Å²) in [7, 11) is 3.96. The van der Waals surface area contributed by atoms with Crippen molar-refractivity contribution in [3.63, 3.8) is 0 Å². The lowest BCUT2D eigenvalue weighted by molar-refractivity contribution is -0.129. The van der Waals surface area contributed by atoms with Crippen molar-refractivity contribution in [1.82, 2.24) is 4.90 Å². The summed E-state index contributed by atoms with van der Waals surface area (Å²) in [6, 6.07) is 8.11. The van der Waals surface area contributed by atoms with Crippen molar-refractivity contribution in [3.05, 3.63) is 24.3 Å². The number of carbonyl (C=O) groups excluding carboxylic acids is 2. The second-order valence-corrected chi connectivity index (χ2v) is 6.82. The zero-order valence-electron chi connectivity index (χ0n) is 13.9. The first-order valence-corrected chi connectivity index (χ1v) is 8.42. The molecule has 1 atom stereocenters. The van der Waals surface area contributed by atoms with Gasteiger partial charge < -0.3 is 15.1 Å². The minimum Gasteiger partial charge on any atom is -0.378 e. The van der Waals surface area contributed by atoms with Crippen molar-refractivity contribution < 1.29 is 9.59 Å². The molecule has 0 spiro atoms. The lowest BCUT2D eigenvalue weighted by Gasteiger charge is -2.23. The van der Waals surface area contributed by atoms with E-state index < -0.39 is 0 Å². The minimum absolute atomic E-state index is 0.0450. The fourth-order valence-corrected chi connectivity index (χ4v) is 3.56. The lowest BCUT2D eigenvalue weighted by atomic mass is 10.1. The van der Waals surface area contributed by atoms with Crippen LogP contribution in [0.25, 0.3) is 0 Å². The number of anilines is 2. The van der Waals surface area contributed by atoms with Crippen LogP contribution in [-0.2, 0) is 9.59 Å². The summed E-state index contributed by atoms with van der Waals surface area (Å²) >= 11 is 0. The van der Waals surface area contributed by atoms with Crippen LogP contribution in [0.4, 0.5) is 11.4 Å². The fourth-order valence-electron chi connectivity index (χ4n) is 3.56. The monoisotopic (exact) mass is 315 g/mol. The van der Waals surface area contributed by atoms with E-state index in [0.717, 1.165) is 24.2 Å². The molecule has 0 bridgehead atoms. The van der Waals surface area contributed by atoms with Crippen LogP contribution < -0.4 is 10.2 Å². The average molecular weight is 315 g/mol. The molecule has 1 aromatic carbocycles. The molecule has 2 aliphatic rings. The lowest BCUT2D eigenvalue weighted by Crippen LogP contribution is -2.35. The minimum atomic E-state index is -0.225. The summed E-state index contributed by atoms with van der Waals surface area (Å²) in [5.41, 5.74) is 1.87.